The zero-order valence-corrected chi connectivity index (χ0v) is 19.6. The van der Waals surface area contributed by atoms with Crippen LogP contribution in [0.4, 0.5) is 0 Å². The highest BCUT2D eigenvalue weighted by Gasteiger charge is 1.99. The van der Waals surface area contributed by atoms with E-state index in [0.717, 1.165) is 103 Å². The number of carboxylic acids is 4. The molecule has 0 spiro atoms. The fourth-order valence-electron chi connectivity index (χ4n) is 3.23. The van der Waals surface area contributed by atoms with Gasteiger partial charge in [0.15, 0.2) is 0 Å². The van der Waals surface area contributed by atoms with Gasteiger partial charge >= 0.3 is 23.9 Å². The van der Waals surface area contributed by atoms with Gasteiger partial charge in [0.2, 0.25) is 0 Å². The van der Waals surface area contributed by atoms with Crippen LogP contribution >= 0.6 is 0 Å². The van der Waals surface area contributed by atoms with Crippen molar-refractivity contribution in [2.45, 2.75) is 128 Å². The SMILES string of the molecule is O=C(O)CCCCCCCCCCC(=O)O.O=C(O)CCCCCCCCCCC(=O)O. The molecular formula is C24H44O8. The van der Waals surface area contributed by atoms with Crippen molar-refractivity contribution >= 4 is 23.9 Å². The van der Waals surface area contributed by atoms with Crippen molar-refractivity contribution in [3.63, 3.8) is 0 Å². The van der Waals surface area contributed by atoms with Crippen molar-refractivity contribution in [1.82, 2.24) is 0 Å². The molecule has 0 aromatic rings. The predicted octanol–water partition coefficient (Wildman–Crippen LogP) is 6.11. The molecule has 0 saturated carbocycles. The van der Waals surface area contributed by atoms with E-state index in [9.17, 15) is 19.2 Å². The van der Waals surface area contributed by atoms with E-state index in [4.69, 9.17) is 20.4 Å². The van der Waals surface area contributed by atoms with Gasteiger partial charge in [-0.15, -0.1) is 0 Å². The standard InChI is InChI=1S/2C12H22O4/c2*13-11(14)9-7-5-3-1-2-4-6-8-10-12(15)16/h2*1-10H2,(H,13,14)(H,15,16). The molecule has 0 atom stereocenters. The van der Waals surface area contributed by atoms with Crippen LogP contribution < -0.4 is 0 Å². The first-order valence-corrected chi connectivity index (χ1v) is 12.1. The first kappa shape index (κ1) is 32.1. The molecule has 0 aliphatic heterocycles. The van der Waals surface area contributed by atoms with Crippen LogP contribution in [0.5, 0.6) is 0 Å². The average molecular weight is 461 g/mol. The predicted molar refractivity (Wildman–Crippen MR) is 123 cm³/mol. The van der Waals surface area contributed by atoms with Gasteiger partial charge in [0.25, 0.3) is 0 Å². The van der Waals surface area contributed by atoms with Gasteiger partial charge in [-0.2, -0.15) is 0 Å². The van der Waals surface area contributed by atoms with Crippen LogP contribution in [0.1, 0.15) is 128 Å². The van der Waals surface area contributed by atoms with Gasteiger partial charge in [0.05, 0.1) is 0 Å². The topological polar surface area (TPSA) is 149 Å². The molecule has 0 radical (unpaired) electrons. The van der Waals surface area contributed by atoms with Crippen LogP contribution in [0.3, 0.4) is 0 Å². The molecule has 0 bridgehead atoms. The second kappa shape index (κ2) is 25.1. The molecule has 8 heteroatoms. The molecule has 4 N–H and O–H groups in total. The van der Waals surface area contributed by atoms with E-state index in [2.05, 4.69) is 0 Å². The molecule has 188 valence electrons. The summed E-state index contributed by atoms with van der Waals surface area (Å²) >= 11 is 0. The van der Waals surface area contributed by atoms with Crippen molar-refractivity contribution < 1.29 is 39.6 Å². The number of carbonyl (C=O) groups is 4. The number of hydrogen-bond acceptors (Lipinski definition) is 4. The molecule has 0 aromatic heterocycles. The summed E-state index contributed by atoms with van der Waals surface area (Å²) in [4.78, 5) is 40.9. The maximum Gasteiger partial charge on any atom is 0.303 e. The summed E-state index contributed by atoms with van der Waals surface area (Å²) in [6.07, 6.45) is 17.0. The lowest BCUT2D eigenvalue weighted by atomic mass is 10.1. The van der Waals surface area contributed by atoms with Crippen molar-refractivity contribution in [1.29, 1.82) is 0 Å². The van der Waals surface area contributed by atoms with E-state index >= 15 is 0 Å². The van der Waals surface area contributed by atoms with Crippen LogP contribution in [0.2, 0.25) is 0 Å². The van der Waals surface area contributed by atoms with E-state index < -0.39 is 23.9 Å². The highest BCUT2D eigenvalue weighted by molar-refractivity contribution is 5.67. The van der Waals surface area contributed by atoms with Crippen LogP contribution in [-0.2, 0) is 19.2 Å². The highest BCUT2D eigenvalue weighted by Crippen LogP contribution is 2.11. The first-order valence-electron chi connectivity index (χ1n) is 12.1. The number of carboxylic acid groups (broad SMARTS) is 4. The van der Waals surface area contributed by atoms with Gasteiger partial charge < -0.3 is 20.4 Å². The lowest BCUT2D eigenvalue weighted by Gasteiger charge is -2.00. The van der Waals surface area contributed by atoms with E-state index in [-0.39, 0.29) is 25.7 Å². The lowest BCUT2D eigenvalue weighted by molar-refractivity contribution is -0.138. The summed E-state index contributed by atoms with van der Waals surface area (Å²) in [6, 6.07) is 0. The van der Waals surface area contributed by atoms with Gasteiger partial charge in [-0.3, -0.25) is 19.2 Å². The summed E-state index contributed by atoms with van der Waals surface area (Å²) < 4.78 is 0. The molecule has 0 aliphatic carbocycles. The second-order valence-electron chi connectivity index (χ2n) is 8.23. The minimum atomic E-state index is -0.714. The van der Waals surface area contributed by atoms with E-state index in [1.54, 1.807) is 0 Å². The maximum atomic E-state index is 10.2. The molecule has 0 fully saturated rings. The van der Waals surface area contributed by atoms with Crippen molar-refractivity contribution in [2.75, 3.05) is 0 Å². The Bertz CT molecular complexity index is 402. The Hall–Kier alpha value is -2.12. The summed E-state index contributed by atoms with van der Waals surface area (Å²) in [5, 5.41) is 33.6. The van der Waals surface area contributed by atoms with E-state index in [1.165, 1.54) is 0 Å². The smallest absolute Gasteiger partial charge is 0.303 e. The third-order valence-electron chi connectivity index (χ3n) is 5.06. The van der Waals surface area contributed by atoms with Gasteiger partial charge in [0, 0.05) is 25.7 Å². The number of aliphatic carboxylic acids is 4. The monoisotopic (exact) mass is 460 g/mol. The Kier molecular flexibility index (Phi) is 25.2. The van der Waals surface area contributed by atoms with Gasteiger partial charge in [-0.05, 0) is 25.7 Å². The number of rotatable bonds is 22. The van der Waals surface area contributed by atoms with Crippen molar-refractivity contribution in [3.05, 3.63) is 0 Å². The highest BCUT2D eigenvalue weighted by atomic mass is 16.4. The summed E-state index contributed by atoms with van der Waals surface area (Å²) in [6.45, 7) is 0. The quantitative estimate of drug-likeness (QED) is 0.141. The fraction of sp³-hybridized carbons (Fsp3) is 0.833. The summed E-state index contributed by atoms with van der Waals surface area (Å²) in [7, 11) is 0. The van der Waals surface area contributed by atoms with Crippen molar-refractivity contribution in [3.8, 4) is 0 Å². The Morgan fingerprint density at radius 2 is 0.406 bits per heavy atom. The molecule has 32 heavy (non-hydrogen) atoms. The normalized spacial score (nSPS) is 10.2. The maximum absolute atomic E-state index is 10.2. The summed E-state index contributed by atoms with van der Waals surface area (Å²) in [5.41, 5.74) is 0. The lowest BCUT2D eigenvalue weighted by Crippen LogP contribution is -1.94. The van der Waals surface area contributed by atoms with Crippen molar-refractivity contribution in [2.24, 2.45) is 0 Å². The average Bonchev–Trinajstić information content (AvgIpc) is 2.70. The largest absolute Gasteiger partial charge is 0.481 e. The minimum Gasteiger partial charge on any atom is -0.481 e. The van der Waals surface area contributed by atoms with E-state index in [0.29, 0.717) is 0 Å². The second-order valence-corrected chi connectivity index (χ2v) is 8.23. The molecule has 0 aliphatic rings. The number of hydrogen-bond donors (Lipinski definition) is 4. The Labute approximate surface area is 192 Å². The van der Waals surface area contributed by atoms with Crippen LogP contribution in [0, 0.1) is 0 Å². The third kappa shape index (κ3) is 35.3. The van der Waals surface area contributed by atoms with Gasteiger partial charge in [-0.25, -0.2) is 0 Å². The molecule has 0 heterocycles. The molecular weight excluding hydrogens is 416 g/mol. The molecule has 0 saturated heterocycles. The summed E-state index contributed by atoms with van der Waals surface area (Å²) in [5.74, 6) is -2.86. The van der Waals surface area contributed by atoms with Crippen LogP contribution in [-0.4, -0.2) is 44.3 Å². The molecule has 0 rings (SSSR count). The van der Waals surface area contributed by atoms with Gasteiger partial charge in [0.1, 0.15) is 0 Å². The van der Waals surface area contributed by atoms with E-state index in [1.807, 2.05) is 0 Å². The van der Waals surface area contributed by atoms with Crippen LogP contribution in [0.15, 0.2) is 0 Å². The Morgan fingerprint density at radius 1 is 0.281 bits per heavy atom. The molecule has 0 unspecified atom stereocenters. The Morgan fingerprint density at radius 3 is 0.531 bits per heavy atom. The molecule has 0 aromatic carbocycles. The zero-order valence-electron chi connectivity index (χ0n) is 19.6. The van der Waals surface area contributed by atoms with Gasteiger partial charge in [-0.1, -0.05) is 77.0 Å². The first-order chi connectivity index (χ1) is 15.3. The third-order valence-corrected chi connectivity index (χ3v) is 5.06. The van der Waals surface area contributed by atoms with Crippen LogP contribution in [0.25, 0.3) is 0 Å². The zero-order chi connectivity index (χ0) is 24.5. The number of unbranched alkanes of at least 4 members (excludes halogenated alkanes) is 14. The molecule has 8 nitrogen and oxygen atoms in total. The molecule has 0 amide bonds. The Balaban J connectivity index is 0. The fourth-order valence-corrected chi connectivity index (χ4v) is 3.23. The minimum absolute atomic E-state index is 0.276.